The average molecular weight is 205 g/mol. The van der Waals surface area contributed by atoms with E-state index in [4.69, 9.17) is 0 Å². The van der Waals surface area contributed by atoms with Crippen LogP contribution in [-0.4, -0.2) is 4.57 Å². The van der Waals surface area contributed by atoms with Crippen LogP contribution in [0.2, 0.25) is 0 Å². The van der Waals surface area contributed by atoms with Gasteiger partial charge in [-0.15, -0.1) is 0 Å². The minimum atomic E-state index is 0.134. The summed E-state index contributed by atoms with van der Waals surface area (Å²) in [5, 5.41) is 0. The highest BCUT2D eigenvalue weighted by molar-refractivity contribution is 5.67. The average Bonchev–Trinajstić information content (AvgIpc) is 2.49. The van der Waals surface area contributed by atoms with Gasteiger partial charge in [0.25, 0.3) is 5.82 Å². The van der Waals surface area contributed by atoms with Crippen LogP contribution in [0.1, 0.15) is 44.9 Å². The minimum Gasteiger partial charge on any atom is -0.234 e. The van der Waals surface area contributed by atoms with Crippen molar-refractivity contribution in [3.63, 3.8) is 0 Å². The molecule has 0 saturated carbocycles. The standard InChI is InChI=1S/C13H21N2/c1-8-9(2)13(5,6)15-11(4)14(7)10(3)12(8)15/h1-7H3/q+1. The van der Waals surface area contributed by atoms with Crippen LogP contribution in [0.15, 0.2) is 5.57 Å². The summed E-state index contributed by atoms with van der Waals surface area (Å²) < 4.78 is 4.75. The van der Waals surface area contributed by atoms with E-state index in [1.54, 1.807) is 0 Å². The highest BCUT2D eigenvalue weighted by atomic mass is 15.2. The lowest BCUT2D eigenvalue weighted by molar-refractivity contribution is -0.749. The quantitative estimate of drug-likeness (QED) is 0.575. The maximum absolute atomic E-state index is 2.47. The maximum atomic E-state index is 2.47. The first-order chi connectivity index (χ1) is 6.80. The normalized spacial score (nSPS) is 18.6. The first-order valence-corrected chi connectivity index (χ1v) is 5.57. The van der Waals surface area contributed by atoms with Crippen molar-refractivity contribution >= 4 is 5.57 Å². The number of hydrogen-bond acceptors (Lipinski definition) is 0. The number of rotatable bonds is 0. The van der Waals surface area contributed by atoms with E-state index in [1.807, 2.05) is 0 Å². The lowest BCUT2D eigenvalue weighted by Crippen LogP contribution is -2.53. The van der Waals surface area contributed by atoms with Crippen LogP contribution in [0.25, 0.3) is 5.57 Å². The van der Waals surface area contributed by atoms with Gasteiger partial charge >= 0.3 is 0 Å². The summed E-state index contributed by atoms with van der Waals surface area (Å²) in [6.07, 6.45) is 0. The van der Waals surface area contributed by atoms with E-state index in [2.05, 4.69) is 57.7 Å². The third-order valence-electron chi connectivity index (χ3n) is 4.27. The summed E-state index contributed by atoms with van der Waals surface area (Å²) in [5.41, 5.74) is 5.85. The second kappa shape index (κ2) is 2.75. The smallest absolute Gasteiger partial charge is 0.234 e. The molecule has 0 amide bonds. The van der Waals surface area contributed by atoms with Gasteiger partial charge < -0.3 is 0 Å². The Bertz CT molecular complexity index is 473. The Kier molecular flexibility index (Phi) is 1.92. The number of fused-ring (bicyclic) bond motifs is 1. The molecule has 1 aliphatic heterocycles. The number of imidazole rings is 1. The molecule has 2 heterocycles. The van der Waals surface area contributed by atoms with Gasteiger partial charge in [-0.1, -0.05) is 0 Å². The number of nitrogens with zero attached hydrogens (tertiary/aromatic N) is 2. The topological polar surface area (TPSA) is 8.81 Å². The Hall–Kier alpha value is -1.05. The van der Waals surface area contributed by atoms with E-state index in [0.717, 1.165) is 0 Å². The molecule has 2 nitrogen and oxygen atoms in total. The van der Waals surface area contributed by atoms with Crippen LogP contribution in [0.5, 0.6) is 0 Å². The van der Waals surface area contributed by atoms with Gasteiger partial charge in [-0.3, -0.25) is 0 Å². The van der Waals surface area contributed by atoms with Crippen molar-refractivity contribution in [3.05, 3.63) is 22.8 Å². The van der Waals surface area contributed by atoms with Crippen LogP contribution < -0.4 is 4.57 Å². The summed E-state index contributed by atoms with van der Waals surface area (Å²) in [6.45, 7) is 13.5. The zero-order chi connectivity index (χ0) is 11.5. The monoisotopic (exact) mass is 205 g/mol. The molecule has 0 aromatic carbocycles. The summed E-state index contributed by atoms with van der Waals surface area (Å²) in [6, 6.07) is 0. The zero-order valence-electron chi connectivity index (χ0n) is 10.9. The Labute approximate surface area is 92.2 Å². The number of aromatic nitrogens is 2. The first-order valence-electron chi connectivity index (χ1n) is 5.57. The van der Waals surface area contributed by atoms with Crippen LogP contribution in [0.4, 0.5) is 0 Å². The minimum absolute atomic E-state index is 0.134. The number of hydrogen-bond donors (Lipinski definition) is 0. The van der Waals surface area contributed by atoms with Crippen LogP contribution >= 0.6 is 0 Å². The van der Waals surface area contributed by atoms with Gasteiger partial charge in [-0.25, -0.2) is 9.13 Å². The number of allylic oxidation sites excluding steroid dienone is 2. The Morgan fingerprint density at radius 2 is 1.60 bits per heavy atom. The van der Waals surface area contributed by atoms with Gasteiger partial charge in [0.2, 0.25) is 0 Å². The summed E-state index contributed by atoms with van der Waals surface area (Å²) >= 11 is 0. The molecule has 0 bridgehead atoms. The Morgan fingerprint density at radius 1 is 1.07 bits per heavy atom. The fourth-order valence-corrected chi connectivity index (χ4v) is 2.80. The first kappa shape index (κ1) is 10.5. The van der Waals surface area contributed by atoms with Crippen molar-refractivity contribution in [1.82, 2.24) is 4.57 Å². The third kappa shape index (κ3) is 1.02. The van der Waals surface area contributed by atoms with Gasteiger partial charge in [-0.05, 0) is 33.3 Å². The zero-order valence-corrected chi connectivity index (χ0v) is 10.9. The van der Waals surface area contributed by atoms with Crippen molar-refractivity contribution in [2.45, 2.75) is 47.1 Å². The second-order valence-corrected chi connectivity index (χ2v) is 5.18. The molecule has 0 unspecified atom stereocenters. The molecule has 0 radical (unpaired) electrons. The molecule has 1 aliphatic rings. The van der Waals surface area contributed by atoms with E-state index in [0.29, 0.717) is 0 Å². The Morgan fingerprint density at radius 3 is 2.07 bits per heavy atom. The molecule has 0 aliphatic carbocycles. The molecule has 15 heavy (non-hydrogen) atoms. The van der Waals surface area contributed by atoms with E-state index >= 15 is 0 Å². The predicted molar refractivity (Wildman–Crippen MR) is 62.7 cm³/mol. The van der Waals surface area contributed by atoms with Crippen molar-refractivity contribution in [1.29, 1.82) is 0 Å². The lowest BCUT2D eigenvalue weighted by Gasteiger charge is -2.19. The summed E-state index contributed by atoms with van der Waals surface area (Å²) in [4.78, 5) is 0. The summed E-state index contributed by atoms with van der Waals surface area (Å²) in [7, 11) is 2.15. The molecule has 82 valence electrons. The summed E-state index contributed by atoms with van der Waals surface area (Å²) in [5.74, 6) is 1.34. The predicted octanol–water partition coefficient (Wildman–Crippen LogP) is 2.47. The van der Waals surface area contributed by atoms with Crippen LogP contribution in [0.3, 0.4) is 0 Å². The van der Waals surface area contributed by atoms with Gasteiger partial charge in [0.15, 0.2) is 5.69 Å². The molecule has 0 atom stereocenters. The highest BCUT2D eigenvalue weighted by Crippen LogP contribution is 2.36. The molecular formula is C13H21N2+. The largest absolute Gasteiger partial charge is 0.254 e. The molecular weight excluding hydrogens is 184 g/mol. The molecule has 0 fully saturated rings. The fourth-order valence-electron chi connectivity index (χ4n) is 2.80. The van der Waals surface area contributed by atoms with E-state index in [-0.39, 0.29) is 5.54 Å². The van der Waals surface area contributed by atoms with E-state index < -0.39 is 0 Å². The molecule has 2 rings (SSSR count). The van der Waals surface area contributed by atoms with Gasteiger partial charge in [-0.2, -0.15) is 0 Å². The van der Waals surface area contributed by atoms with Crippen molar-refractivity contribution in [3.8, 4) is 0 Å². The van der Waals surface area contributed by atoms with Crippen LogP contribution in [-0.2, 0) is 12.6 Å². The van der Waals surface area contributed by atoms with Crippen molar-refractivity contribution in [2.75, 3.05) is 0 Å². The molecule has 0 saturated heterocycles. The highest BCUT2D eigenvalue weighted by Gasteiger charge is 2.43. The van der Waals surface area contributed by atoms with Gasteiger partial charge in [0.1, 0.15) is 11.2 Å². The molecule has 1 aromatic rings. The fraction of sp³-hybridized carbons (Fsp3) is 0.615. The van der Waals surface area contributed by atoms with E-state index in [1.165, 1.54) is 28.4 Å². The van der Waals surface area contributed by atoms with Crippen LogP contribution in [0, 0.1) is 13.8 Å². The third-order valence-corrected chi connectivity index (χ3v) is 4.27. The van der Waals surface area contributed by atoms with E-state index in [9.17, 15) is 0 Å². The maximum Gasteiger partial charge on any atom is 0.254 e. The van der Waals surface area contributed by atoms with Crippen molar-refractivity contribution in [2.24, 2.45) is 7.05 Å². The molecule has 2 heteroatoms. The SMILES string of the molecule is CC1=C(C)C(C)(C)[n+]2c1c(C)n(C)c2C. The molecule has 1 aromatic heterocycles. The molecule has 0 spiro atoms. The van der Waals surface area contributed by atoms with Gasteiger partial charge in [0, 0.05) is 19.4 Å². The van der Waals surface area contributed by atoms with Crippen molar-refractivity contribution < 1.29 is 4.57 Å². The van der Waals surface area contributed by atoms with Gasteiger partial charge in [0.05, 0.1) is 7.05 Å². The second-order valence-electron chi connectivity index (χ2n) is 5.18. The molecule has 0 N–H and O–H groups in total. The Balaban J connectivity index is 2.87. The lowest BCUT2D eigenvalue weighted by atomic mass is 9.94.